The molecule has 36 heavy (non-hydrogen) atoms. The second kappa shape index (κ2) is 10.6. The van der Waals surface area contributed by atoms with Gasteiger partial charge in [-0.1, -0.05) is 41.4 Å². The van der Waals surface area contributed by atoms with E-state index in [0.717, 1.165) is 11.0 Å². The lowest BCUT2D eigenvalue weighted by molar-refractivity contribution is -0.139. The number of para-hydroxylation sites is 2. The number of carbonyl (C=O) groups excluding carboxylic acids is 2. The fourth-order valence-corrected chi connectivity index (χ4v) is 5.01. The maximum atomic E-state index is 12.8. The molecule has 1 unspecified atom stereocenters. The van der Waals surface area contributed by atoms with Crippen molar-refractivity contribution >= 4 is 52.1 Å². The Morgan fingerprint density at radius 2 is 1.64 bits per heavy atom. The number of urea groups is 1. The highest BCUT2D eigenvalue weighted by atomic mass is 35.5. The number of nitrogens with zero attached hydrogens (tertiary/aromatic N) is 3. The number of likely N-dealkylation sites (tertiary alicyclic amines) is 1. The minimum absolute atomic E-state index is 0.0378. The Balaban J connectivity index is 1.35. The molecule has 12 heteroatoms. The van der Waals surface area contributed by atoms with Gasteiger partial charge in [0, 0.05) is 26.2 Å². The third-order valence-corrected chi connectivity index (χ3v) is 6.99. The molecule has 2 aromatic carbocycles. The standard InChI is InChI=1S/C24H25Cl2N5O5/c1-29-18-7-2-3-8-19(18)31(24(29)36)14-9-11-30(12-10-14)23(35)27-13-17(22(33)34)28-21(32)20-15(25)5-4-6-16(20)26/h2-8,14,17H,9-13H2,1H3,(H,27,35)(H,28,32)(H,33,34). The van der Waals surface area contributed by atoms with E-state index in [2.05, 4.69) is 10.6 Å². The first-order chi connectivity index (χ1) is 17.2. The van der Waals surface area contributed by atoms with Crippen molar-refractivity contribution in [3.8, 4) is 0 Å². The zero-order valence-corrected chi connectivity index (χ0v) is 20.9. The van der Waals surface area contributed by atoms with Gasteiger partial charge in [-0.25, -0.2) is 14.4 Å². The van der Waals surface area contributed by atoms with E-state index in [-0.39, 0.29) is 33.9 Å². The first-order valence-electron chi connectivity index (χ1n) is 11.4. The summed E-state index contributed by atoms with van der Waals surface area (Å²) >= 11 is 12.0. The molecule has 190 valence electrons. The number of fused-ring (bicyclic) bond motifs is 1. The molecule has 0 saturated carbocycles. The first kappa shape index (κ1) is 25.6. The molecule has 1 saturated heterocycles. The monoisotopic (exact) mass is 533 g/mol. The highest BCUT2D eigenvalue weighted by molar-refractivity contribution is 6.39. The summed E-state index contributed by atoms with van der Waals surface area (Å²) in [6.07, 6.45) is 1.15. The number of carboxylic acids is 1. The molecule has 3 aromatic rings. The molecule has 1 aliphatic rings. The zero-order chi connectivity index (χ0) is 26.0. The molecule has 1 aliphatic heterocycles. The van der Waals surface area contributed by atoms with Crippen molar-refractivity contribution in [2.24, 2.45) is 7.05 Å². The molecule has 3 amide bonds. The second-order valence-electron chi connectivity index (χ2n) is 8.57. The predicted molar refractivity (Wildman–Crippen MR) is 136 cm³/mol. The number of nitrogens with one attached hydrogen (secondary N) is 2. The van der Waals surface area contributed by atoms with Gasteiger partial charge in [0.05, 0.1) is 33.2 Å². The molecule has 10 nitrogen and oxygen atoms in total. The van der Waals surface area contributed by atoms with Crippen LogP contribution in [0.1, 0.15) is 29.2 Å². The van der Waals surface area contributed by atoms with Gasteiger partial charge in [0.25, 0.3) is 5.91 Å². The summed E-state index contributed by atoms with van der Waals surface area (Å²) in [7, 11) is 1.74. The molecule has 0 aliphatic carbocycles. The number of aliphatic carboxylic acids is 1. The van der Waals surface area contributed by atoms with Crippen LogP contribution in [0.3, 0.4) is 0 Å². The van der Waals surface area contributed by atoms with E-state index in [1.54, 1.807) is 27.1 Å². The maximum Gasteiger partial charge on any atom is 0.329 e. The summed E-state index contributed by atoms with van der Waals surface area (Å²) in [4.78, 5) is 51.3. The van der Waals surface area contributed by atoms with Crippen molar-refractivity contribution in [1.29, 1.82) is 0 Å². The highest BCUT2D eigenvalue weighted by Gasteiger charge is 2.28. The molecule has 0 spiro atoms. The molecular weight excluding hydrogens is 509 g/mol. The van der Waals surface area contributed by atoms with Gasteiger partial charge in [-0.05, 0) is 37.1 Å². The predicted octanol–water partition coefficient (Wildman–Crippen LogP) is 2.88. The quantitative estimate of drug-likeness (QED) is 0.449. The Bertz CT molecular complexity index is 1360. The fourth-order valence-electron chi connectivity index (χ4n) is 4.45. The van der Waals surface area contributed by atoms with Crippen molar-refractivity contribution in [3.05, 3.63) is 68.6 Å². The smallest absolute Gasteiger partial charge is 0.329 e. The Labute approximate surface area is 216 Å². The van der Waals surface area contributed by atoms with E-state index < -0.39 is 23.9 Å². The number of amides is 3. The molecule has 0 radical (unpaired) electrons. The van der Waals surface area contributed by atoms with Gasteiger partial charge >= 0.3 is 17.7 Å². The molecule has 1 aromatic heterocycles. The number of imidazole rings is 1. The second-order valence-corrected chi connectivity index (χ2v) is 9.38. The topological polar surface area (TPSA) is 126 Å². The fraction of sp³-hybridized carbons (Fsp3) is 0.333. The molecule has 4 rings (SSSR count). The summed E-state index contributed by atoms with van der Waals surface area (Å²) in [6, 6.07) is 10.2. The van der Waals surface area contributed by atoms with Crippen LogP contribution >= 0.6 is 23.2 Å². The van der Waals surface area contributed by atoms with Crippen LogP contribution < -0.4 is 16.3 Å². The van der Waals surface area contributed by atoms with Crippen molar-refractivity contribution in [1.82, 2.24) is 24.7 Å². The van der Waals surface area contributed by atoms with Gasteiger partial charge in [0.15, 0.2) is 0 Å². The summed E-state index contributed by atoms with van der Waals surface area (Å²) in [5, 5.41) is 14.6. The molecule has 0 bridgehead atoms. The summed E-state index contributed by atoms with van der Waals surface area (Å²) < 4.78 is 3.39. The van der Waals surface area contributed by atoms with Gasteiger partial charge < -0.3 is 20.6 Å². The minimum Gasteiger partial charge on any atom is -0.480 e. The van der Waals surface area contributed by atoms with Crippen LogP contribution in [0.25, 0.3) is 11.0 Å². The molecule has 1 fully saturated rings. The minimum atomic E-state index is -1.39. The van der Waals surface area contributed by atoms with Crippen molar-refractivity contribution in [2.45, 2.75) is 24.9 Å². The van der Waals surface area contributed by atoms with Crippen LogP contribution in [0, 0.1) is 0 Å². The van der Waals surface area contributed by atoms with E-state index in [9.17, 15) is 24.3 Å². The lowest BCUT2D eigenvalue weighted by Crippen LogP contribution is -2.52. The summed E-state index contributed by atoms with van der Waals surface area (Å²) in [6.45, 7) is 0.460. The number of carboxylic acid groups (broad SMARTS) is 1. The van der Waals surface area contributed by atoms with Crippen LogP contribution in [0.5, 0.6) is 0 Å². The maximum absolute atomic E-state index is 12.8. The Kier molecular flexibility index (Phi) is 7.56. The molecular formula is C24H25Cl2N5O5. The van der Waals surface area contributed by atoms with Gasteiger partial charge in [-0.15, -0.1) is 0 Å². The van der Waals surface area contributed by atoms with Gasteiger partial charge in [0.1, 0.15) is 6.04 Å². The largest absolute Gasteiger partial charge is 0.480 e. The number of hydrogen-bond donors (Lipinski definition) is 3. The lowest BCUT2D eigenvalue weighted by Gasteiger charge is -2.32. The normalized spacial score (nSPS) is 15.0. The van der Waals surface area contributed by atoms with Gasteiger partial charge in [-0.3, -0.25) is 13.9 Å². The van der Waals surface area contributed by atoms with Crippen molar-refractivity contribution in [2.75, 3.05) is 19.6 Å². The van der Waals surface area contributed by atoms with Crippen LogP contribution in [0.4, 0.5) is 4.79 Å². The van der Waals surface area contributed by atoms with Crippen LogP contribution in [-0.4, -0.2) is 62.7 Å². The summed E-state index contributed by atoms with van der Waals surface area (Å²) in [5.41, 5.74) is 1.57. The van der Waals surface area contributed by atoms with Crippen molar-refractivity contribution in [3.63, 3.8) is 0 Å². The van der Waals surface area contributed by atoms with Crippen molar-refractivity contribution < 1.29 is 19.5 Å². The van der Waals surface area contributed by atoms with Crippen LogP contribution in [0.15, 0.2) is 47.3 Å². The lowest BCUT2D eigenvalue weighted by atomic mass is 10.0. The highest BCUT2D eigenvalue weighted by Crippen LogP contribution is 2.26. The van der Waals surface area contributed by atoms with E-state index in [0.29, 0.717) is 25.9 Å². The Morgan fingerprint density at radius 3 is 2.25 bits per heavy atom. The zero-order valence-electron chi connectivity index (χ0n) is 19.4. The molecule has 3 N–H and O–H groups in total. The van der Waals surface area contributed by atoms with E-state index in [1.165, 1.54) is 12.1 Å². The average Bonchev–Trinajstić information content (AvgIpc) is 3.11. The van der Waals surface area contributed by atoms with Gasteiger partial charge in [-0.2, -0.15) is 0 Å². The van der Waals surface area contributed by atoms with Crippen LogP contribution in [0.2, 0.25) is 10.0 Å². The third kappa shape index (κ3) is 5.05. The van der Waals surface area contributed by atoms with E-state index in [4.69, 9.17) is 23.2 Å². The average molecular weight is 534 g/mol. The van der Waals surface area contributed by atoms with Crippen LogP contribution in [-0.2, 0) is 11.8 Å². The Morgan fingerprint density at radius 1 is 1.03 bits per heavy atom. The third-order valence-electron chi connectivity index (χ3n) is 6.36. The number of hydrogen-bond acceptors (Lipinski definition) is 4. The number of benzene rings is 2. The Hall–Kier alpha value is -3.50. The number of aromatic nitrogens is 2. The number of halogens is 2. The number of piperidine rings is 1. The van der Waals surface area contributed by atoms with Gasteiger partial charge in [0.2, 0.25) is 0 Å². The molecule has 1 atom stereocenters. The first-order valence-corrected chi connectivity index (χ1v) is 12.1. The van der Waals surface area contributed by atoms with E-state index in [1.807, 2.05) is 24.3 Å². The van der Waals surface area contributed by atoms with E-state index >= 15 is 0 Å². The number of aryl methyl sites for hydroxylation is 1. The SMILES string of the molecule is Cn1c(=O)n(C2CCN(C(=O)NCC(NC(=O)c3c(Cl)cccc3Cl)C(=O)O)CC2)c2ccccc21. The molecule has 2 heterocycles. The number of carbonyl (C=O) groups is 3. The summed E-state index contributed by atoms with van der Waals surface area (Å²) in [5.74, 6) is -2.07. The number of rotatable bonds is 6.